The SMILES string of the molecule is Cc1ccc(S(=O)(=O)N(C)N=Cc2cnc3ccc(-c4cccnc4)cn23)cc1. The van der Waals surface area contributed by atoms with Gasteiger partial charge in [0, 0.05) is 36.8 Å². The second kappa shape index (κ2) is 7.48. The smallest absolute Gasteiger partial charge is 0.278 e. The molecule has 0 atom stereocenters. The second-order valence-electron chi connectivity index (χ2n) is 6.57. The zero-order valence-corrected chi connectivity index (χ0v) is 16.8. The minimum atomic E-state index is -3.72. The summed E-state index contributed by atoms with van der Waals surface area (Å²) in [5, 5.41) is 4.14. The van der Waals surface area contributed by atoms with Crippen LogP contribution in [0.1, 0.15) is 11.3 Å². The zero-order chi connectivity index (χ0) is 20.4. The van der Waals surface area contributed by atoms with E-state index in [1.54, 1.807) is 42.9 Å². The summed E-state index contributed by atoms with van der Waals surface area (Å²) in [6, 6.07) is 14.4. The Kier molecular flexibility index (Phi) is 4.85. The number of imidazole rings is 1. The number of hydrogen-bond acceptors (Lipinski definition) is 5. The van der Waals surface area contributed by atoms with Crippen LogP contribution in [0.4, 0.5) is 0 Å². The van der Waals surface area contributed by atoms with Gasteiger partial charge in [-0.05, 0) is 37.3 Å². The van der Waals surface area contributed by atoms with Crippen molar-refractivity contribution in [1.29, 1.82) is 0 Å². The highest BCUT2D eigenvalue weighted by molar-refractivity contribution is 7.89. The molecule has 7 nitrogen and oxygen atoms in total. The lowest BCUT2D eigenvalue weighted by Crippen LogP contribution is -2.22. The van der Waals surface area contributed by atoms with Crippen molar-refractivity contribution in [2.45, 2.75) is 11.8 Å². The third-order valence-electron chi connectivity index (χ3n) is 4.55. The molecule has 0 saturated carbocycles. The van der Waals surface area contributed by atoms with Crippen molar-refractivity contribution in [1.82, 2.24) is 18.8 Å². The number of fused-ring (bicyclic) bond motifs is 1. The van der Waals surface area contributed by atoms with Crippen LogP contribution in [0.5, 0.6) is 0 Å². The molecule has 29 heavy (non-hydrogen) atoms. The molecule has 1 aromatic carbocycles. The maximum Gasteiger partial charge on any atom is 0.278 e. The molecule has 0 aliphatic heterocycles. The van der Waals surface area contributed by atoms with E-state index in [0.717, 1.165) is 26.8 Å². The summed E-state index contributed by atoms with van der Waals surface area (Å²) in [7, 11) is -2.30. The molecular formula is C21H19N5O2S. The average Bonchev–Trinajstić information content (AvgIpc) is 3.15. The van der Waals surface area contributed by atoms with E-state index < -0.39 is 10.0 Å². The first-order chi connectivity index (χ1) is 13.9. The predicted molar refractivity (Wildman–Crippen MR) is 112 cm³/mol. The monoisotopic (exact) mass is 405 g/mol. The van der Waals surface area contributed by atoms with Gasteiger partial charge in [-0.3, -0.25) is 9.38 Å². The quantitative estimate of drug-likeness (QED) is 0.377. The summed E-state index contributed by atoms with van der Waals surface area (Å²) in [5.74, 6) is 0. The molecule has 8 heteroatoms. The highest BCUT2D eigenvalue weighted by atomic mass is 32.2. The van der Waals surface area contributed by atoms with Crippen LogP contribution in [-0.2, 0) is 10.0 Å². The topological polar surface area (TPSA) is 79.9 Å². The maximum atomic E-state index is 12.7. The fraction of sp³-hybridized carbons (Fsp3) is 0.0952. The van der Waals surface area contributed by atoms with Crippen molar-refractivity contribution < 1.29 is 8.42 Å². The van der Waals surface area contributed by atoms with Crippen LogP contribution >= 0.6 is 0 Å². The molecule has 0 saturated heterocycles. The van der Waals surface area contributed by atoms with Crippen LogP contribution in [0, 0.1) is 6.92 Å². The van der Waals surface area contributed by atoms with Crippen LogP contribution in [0.15, 0.2) is 83.3 Å². The molecule has 0 aliphatic carbocycles. The molecule has 3 aromatic heterocycles. The molecular weight excluding hydrogens is 386 g/mol. The molecule has 0 spiro atoms. The largest absolute Gasteiger partial charge is 0.298 e. The van der Waals surface area contributed by atoms with Crippen molar-refractivity contribution in [2.75, 3.05) is 7.05 Å². The summed E-state index contributed by atoms with van der Waals surface area (Å²) in [6.07, 6.45) is 8.57. The van der Waals surface area contributed by atoms with Crippen molar-refractivity contribution in [3.8, 4) is 11.1 Å². The van der Waals surface area contributed by atoms with E-state index in [9.17, 15) is 8.42 Å². The summed E-state index contributed by atoms with van der Waals surface area (Å²) in [6.45, 7) is 1.91. The Morgan fingerprint density at radius 2 is 1.83 bits per heavy atom. The number of aromatic nitrogens is 3. The molecule has 0 N–H and O–H groups in total. The number of nitrogens with zero attached hydrogens (tertiary/aromatic N) is 5. The molecule has 0 amide bonds. The van der Waals surface area contributed by atoms with Gasteiger partial charge in [0.25, 0.3) is 10.0 Å². The molecule has 0 unspecified atom stereocenters. The molecule has 3 heterocycles. The number of rotatable bonds is 5. The maximum absolute atomic E-state index is 12.7. The highest BCUT2D eigenvalue weighted by Crippen LogP contribution is 2.20. The number of hydrogen-bond donors (Lipinski definition) is 0. The van der Waals surface area contributed by atoms with Gasteiger partial charge in [0.05, 0.1) is 23.0 Å². The van der Waals surface area contributed by atoms with Gasteiger partial charge < -0.3 is 0 Å². The van der Waals surface area contributed by atoms with Gasteiger partial charge in [0.1, 0.15) is 5.65 Å². The lowest BCUT2D eigenvalue weighted by Gasteiger charge is -2.13. The fourth-order valence-corrected chi connectivity index (χ4v) is 3.82. The van der Waals surface area contributed by atoms with E-state index in [1.165, 1.54) is 13.3 Å². The van der Waals surface area contributed by atoms with Gasteiger partial charge in [-0.1, -0.05) is 23.8 Å². The van der Waals surface area contributed by atoms with Gasteiger partial charge in [0.15, 0.2) is 0 Å². The molecule has 0 bridgehead atoms. The summed E-state index contributed by atoms with van der Waals surface area (Å²) in [5.41, 5.74) is 4.34. The van der Waals surface area contributed by atoms with Crippen LogP contribution in [0.3, 0.4) is 0 Å². The van der Waals surface area contributed by atoms with E-state index in [1.807, 2.05) is 41.8 Å². The minimum Gasteiger partial charge on any atom is -0.298 e. The Morgan fingerprint density at radius 1 is 1.03 bits per heavy atom. The standard InChI is InChI=1S/C21H19N5O2S/c1-16-5-8-20(9-6-16)29(27,28)25(2)24-14-19-13-23-21-10-7-18(15-26(19)21)17-4-3-11-22-12-17/h3-15H,1-2H3. The summed E-state index contributed by atoms with van der Waals surface area (Å²) in [4.78, 5) is 8.69. The summed E-state index contributed by atoms with van der Waals surface area (Å²) < 4.78 is 28.2. The normalized spacial score (nSPS) is 11.9. The Labute approximate surface area is 169 Å². The van der Waals surface area contributed by atoms with Crippen LogP contribution < -0.4 is 0 Å². The van der Waals surface area contributed by atoms with E-state index in [2.05, 4.69) is 15.1 Å². The Balaban J connectivity index is 1.65. The average molecular weight is 405 g/mol. The third-order valence-corrected chi connectivity index (χ3v) is 6.21. The van der Waals surface area contributed by atoms with Crippen LogP contribution in [0.2, 0.25) is 0 Å². The Morgan fingerprint density at radius 3 is 2.55 bits per heavy atom. The fourth-order valence-electron chi connectivity index (χ4n) is 2.86. The van der Waals surface area contributed by atoms with Crippen molar-refractivity contribution in [2.24, 2.45) is 5.10 Å². The molecule has 0 fully saturated rings. The molecule has 4 aromatic rings. The number of pyridine rings is 2. The summed E-state index contributed by atoms with van der Waals surface area (Å²) >= 11 is 0. The van der Waals surface area contributed by atoms with E-state index in [4.69, 9.17) is 0 Å². The third kappa shape index (κ3) is 3.74. The number of benzene rings is 1. The molecule has 0 aliphatic rings. The van der Waals surface area contributed by atoms with Gasteiger partial charge in [-0.15, -0.1) is 0 Å². The number of aryl methyl sites for hydroxylation is 1. The molecule has 0 radical (unpaired) electrons. The van der Waals surface area contributed by atoms with Crippen molar-refractivity contribution >= 4 is 21.9 Å². The second-order valence-corrected chi connectivity index (χ2v) is 8.52. The first-order valence-corrected chi connectivity index (χ1v) is 10.4. The van der Waals surface area contributed by atoms with Gasteiger partial charge in [-0.2, -0.15) is 17.9 Å². The Bertz CT molecular complexity index is 1280. The number of sulfonamides is 1. The van der Waals surface area contributed by atoms with Crippen molar-refractivity contribution in [3.05, 3.63) is 84.6 Å². The van der Waals surface area contributed by atoms with Crippen LogP contribution in [-0.4, -0.2) is 40.5 Å². The lowest BCUT2D eigenvalue weighted by molar-refractivity contribution is 0.491. The number of hydrazone groups is 1. The van der Waals surface area contributed by atoms with Gasteiger partial charge in [0.2, 0.25) is 0 Å². The predicted octanol–water partition coefficient (Wildman–Crippen LogP) is 3.36. The minimum absolute atomic E-state index is 0.194. The van der Waals surface area contributed by atoms with Crippen LogP contribution in [0.25, 0.3) is 16.8 Å². The van der Waals surface area contributed by atoms with E-state index in [-0.39, 0.29) is 4.90 Å². The molecule has 4 rings (SSSR count). The highest BCUT2D eigenvalue weighted by Gasteiger charge is 2.18. The van der Waals surface area contributed by atoms with Gasteiger partial charge >= 0.3 is 0 Å². The van der Waals surface area contributed by atoms with Gasteiger partial charge in [-0.25, -0.2) is 4.98 Å². The molecule has 146 valence electrons. The van der Waals surface area contributed by atoms with Crippen molar-refractivity contribution in [3.63, 3.8) is 0 Å². The zero-order valence-electron chi connectivity index (χ0n) is 16.0. The van der Waals surface area contributed by atoms with E-state index in [0.29, 0.717) is 5.69 Å². The first-order valence-electron chi connectivity index (χ1n) is 8.92. The Hall–Kier alpha value is -3.52. The lowest BCUT2D eigenvalue weighted by atomic mass is 10.1. The van der Waals surface area contributed by atoms with E-state index >= 15 is 0 Å². The first kappa shape index (κ1) is 18.8.